The molecule has 2 aromatic carbocycles. The molecule has 24 heavy (non-hydrogen) atoms. The molecule has 0 aliphatic carbocycles. The lowest BCUT2D eigenvalue weighted by Crippen LogP contribution is -2.53. The molecule has 0 aromatic heterocycles. The summed E-state index contributed by atoms with van der Waals surface area (Å²) in [6, 6.07) is 14.2. The van der Waals surface area contributed by atoms with Crippen LogP contribution in [0.5, 0.6) is 0 Å². The van der Waals surface area contributed by atoms with Crippen LogP contribution in [0.1, 0.15) is 27.7 Å². The van der Waals surface area contributed by atoms with Crippen molar-refractivity contribution in [2.24, 2.45) is 0 Å². The Bertz CT molecular complexity index is 825. The molecule has 4 rings (SSSR count). The van der Waals surface area contributed by atoms with Crippen molar-refractivity contribution in [1.82, 2.24) is 9.96 Å². The lowest BCUT2D eigenvalue weighted by molar-refractivity contribution is -0.157. The number of rotatable bonds is 1. The number of hydroxylamine groups is 2. The van der Waals surface area contributed by atoms with Gasteiger partial charge in [0.1, 0.15) is 11.8 Å². The Morgan fingerprint density at radius 1 is 1.00 bits per heavy atom. The molecule has 5 nitrogen and oxygen atoms in total. The molecular weight excluding hydrogens is 302 g/mol. The molecule has 0 spiro atoms. The molecule has 2 aromatic rings. The van der Waals surface area contributed by atoms with Gasteiger partial charge in [-0.05, 0) is 46.2 Å². The van der Waals surface area contributed by atoms with Crippen LogP contribution in [0.4, 0.5) is 10.5 Å². The summed E-state index contributed by atoms with van der Waals surface area (Å²) in [5.41, 5.74) is 0.264. The lowest BCUT2D eigenvalue weighted by atomic mass is 9.98. The Balaban J connectivity index is 1.91. The number of carbonyl (C=O) groups is 1. The first kappa shape index (κ1) is 15.4. The zero-order valence-corrected chi connectivity index (χ0v) is 14.8. The van der Waals surface area contributed by atoms with Gasteiger partial charge in [0.2, 0.25) is 0 Å². The standard InChI is InChI=1S/C19H23N3O2/c1-18(2)16-21(17(23)24-22(16)19(3,4)20(18)5)15-12-8-10-13-9-6-7-11-14(13)15/h6-12,16H,1-5H3. The average Bonchev–Trinajstić information content (AvgIpc) is 2.97. The summed E-state index contributed by atoms with van der Waals surface area (Å²) >= 11 is 0. The summed E-state index contributed by atoms with van der Waals surface area (Å²) in [5.74, 6) is 0. The molecule has 2 aliphatic rings. The van der Waals surface area contributed by atoms with E-state index in [1.165, 1.54) is 0 Å². The van der Waals surface area contributed by atoms with Crippen LogP contribution in [0.15, 0.2) is 42.5 Å². The van der Waals surface area contributed by atoms with Crippen LogP contribution in [0, 0.1) is 0 Å². The van der Waals surface area contributed by atoms with Gasteiger partial charge in [0, 0.05) is 5.39 Å². The van der Waals surface area contributed by atoms with Crippen molar-refractivity contribution in [1.29, 1.82) is 0 Å². The highest BCUT2D eigenvalue weighted by molar-refractivity contribution is 6.02. The van der Waals surface area contributed by atoms with Crippen molar-refractivity contribution in [2.45, 2.75) is 45.1 Å². The first-order valence-electron chi connectivity index (χ1n) is 8.28. The SMILES string of the molecule is CN1C(C)(C)C2N(c3cccc4ccccc34)C(=O)ON2C1(C)C. The fraction of sp³-hybridized carbons (Fsp3) is 0.421. The smallest absolute Gasteiger partial charge is 0.347 e. The summed E-state index contributed by atoms with van der Waals surface area (Å²) in [5, 5.41) is 4.00. The topological polar surface area (TPSA) is 36.0 Å². The Morgan fingerprint density at radius 3 is 2.42 bits per heavy atom. The van der Waals surface area contributed by atoms with Crippen LogP contribution >= 0.6 is 0 Å². The fourth-order valence-corrected chi connectivity index (χ4v) is 4.07. The zero-order valence-electron chi connectivity index (χ0n) is 14.8. The van der Waals surface area contributed by atoms with Crippen LogP contribution in [0.25, 0.3) is 10.8 Å². The van der Waals surface area contributed by atoms with Crippen LogP contribution in [-0.2, 0) is 4.84 Å². The molecule has 0 N–H and O–H groups in total. The molecule has 0 radical (unpaired) electrons. The van der Waals surface area contributed by atoms with Crippen molar-refractivity contribution in [3.8, 4) is 0 Å². The van der Waals surface area contributed by atoms with Gasteiger partial charge in [-0.25, -0.2) is 4.79 Å². The predicted octanol–water partition coefficient (Wildman–Crippen LogP) is 3.80. The van der Waals surface area contributed by atoms with Gasteiger partial charge in [-0.15, -0.1) is 0 Å². The van der Waals surface area contributed by atoms with Gasteiger partial charge >= 0.3 is 6.09 Å². The van der Waals surface area contributed by atoms with Crippen LogP contribution in [0.2, 0.25) is 0 Å². The van der Waals surface area contributed by atoms with Gasteiger partial charge in [-0.2, -0.15) is 0 Å². The van der Waals surface area contributed by atoms with Crippen LogP contribution < -0.4 is 4.90 Å². The van der Waals surface area contributed by atoms with E-state index >= 15 is 0 Å². The first-order chi connectivity index (χ1) is 11.3. The number of benzene rings is 2. The highest BCUT2D eigenvalue weighted by Crippen LogP contribution is 2.48. The largest absolute Gasteiger partial charge is 0.435 e. The quantitative estimate of drug-likeness (QED) is 0.799. The summed E-state index contributed by atoms with van der Waals surface area (Å²) in [7, 11) is 2.08. The second kappa shape index (κ2) is 4.71. The van der Waals surface area contributed by atoms with Crippen molar-refractivity contribution in [2.75, 3.05) is 11.9 Å². The second-order valence-corrected chi connectivity index (χ2v) is 7.63. The van der Waals surface area contributed by atoms with E-state index in [4.69, 9.17) is 4.84 Å². The van der Waals surface area contributed by atoms with Gasteiger partial charge < -0.3 is 4.84 Å². The number of fused-ring (bicyclic) bond motifs is 2. The van der Waals surface area contributed by atoms with Gasteiger partial charge in [0.05, 0.1) is 11.2 Å². The van der Waals surface area contributed by atoms with E-state index in [9.17, 15) is 4.79 Å². The number of hydrogen-bond donors (Lipinski definition) is 0. The number of likely N-dealkylation sites (N-methyl/N-ethyl adjacent to an activating group) is 1. The maximum absolute atomic E-state index is 12.8. The van der Waals surface area contributed by atoms with Crippen molar-refractivity contribution >= 4 is 22.6 Å². The third kappa shape index (κ3) is 1.79. The summed E-state index contributed by atoms with van der Waals surface area (Å²) in [4.78, 5) is 22.5. The Morgan fingerprint density at radius 2 is 1.67 bits per heavy atom. The Hall–Kier alpha value is -2.11. The maximum atomic E-state index is 12.8. The van der Waals surface area contributed by atoms with Gasteiger partial charge in [-0.1, -0.05) is 41.5 Å². The Labute approximate surface area is 142 Å². The molecule has 0 bridgehead atoms. The number of anilines is 1. The molecule has 5 heteroatoms. The Kier molecular flexibility index (Phi) is 3.03. The molecule has 2 saturated heterocycles. The van der Waals surface area contributed by atoms with Gasteiger partial charge in [0.15, 0.2) is 0 Å². The van der Waals surface area contributed by atoms with E-state index in [-0.39, 0.29) is 23.5 Å². The van der Waals surface area contributed by atoms with Crippen molar-refractivity contribution < 1.29 is 9.63 Å². The number of amides is 1. The summed E-state index contributed by atoms with van der Waals surface area (Å²) in [6.07, 6.45) is -0.499. The third-order valence-electron chi connectivity index (χ3n) is 5.72. The highest BCUT2D eigenvalue weighted by atomic mass is 16.8. The van der Waals surface area contributed by atoms with Crippen LogP contribution in [0.3, 0.4) is 0 Å². The number of carbonyl (C=O) groups excluding carboxylic acids is 1. The van der Waals surface area contributed by atoms with E-state index in [1.54, 1.807) is 4.90 Å². The maximum Gasteiger partial charge on any atom is 0.435 e. The first-order valence-corrected chi connectivity index (χ1v) is 8.28. The van der Waals surface area contributed by atoms with E-state index in [1.807, 2.05) is 29.3 Å². The zero-order chi connectivity index (χ0) is 17.3. The van der Waals surface area contributed by atoms with E-state index in [0.29, 0.717) is 0 Å². The monoisotopic (exact) mass is 325 g/mol. The minimum Gasteiger partial charge on any atom is -0.347 e. The lowest BCUT2D eigenvalue weighted by Gasteiger charge is -2.38. The molecule has 2 fully saturated rings. The molecular formula is C19H23N3O2. The molecule has 2 aliphatic heterocycles. The summed E-state index contributed by atoms with van der Waals surface area (Å²) < 4.78 is 0. The van der Waals surface area contributed by atoms with Gasteiger partial charge in [-0.3, -0.25) is 9.80 Å². The molecule has 0 saturated carbocycles. The highest BCUT2D eigenvalue weighted by Gasteiger charge is 2.64. The van der Waals surface area contributed by atoms with E-state index in [0.717, 1.165) is 16.5 Å². The second-order valence-electron chi connectivity index (χ2n) is 7.63. The molecule has 2 heterocycles. The number of nitrogens with zero attached hydrogens (tertiary/aromatic N) is 3. The average molecular weight is 325 g/mol. The molecule has 126 valence electrons. The van der Waals surface area contributed by atoms with Crippen molar-refractivity contribution in [3.05, 3.63) is 42.5 Å². The molecule has 1 unspecified atom stereocenters. The molecule has 1 atom stereocenters. The fourth-order valence-electron chi connectivity index (χ4n) is 4.07. The van der Waals surface area contributed by atoms with Crippen LogP contribution in [-0.4, -0.2) is 40.5 Å². The predicted molar refractivity (Wildman–Crippen MR) is 94.5 cm³/mol. The minimum atomic E-state index is -0.372. The van der Waals surface area contributed by atoms with E-state index in [2.05, 4.69) is 57.8 Å². The van der Waals surface area contributed by atoms with E-state index < -0.39 is 0 Å². The normalized spacial score (nSPS) is 26.0. The molecule has 1 amide bonds. The van der Waals surface area contributed by atoms with Crippen molar-refractivity contribution in [3.63, 3.8) is 0 Å². The minimum absolute atomic E-state index is 0.184. The third-order valence-corrected chi connectivity index (χ3v) is 5.72. The summed E-state index contributed by atoms with van der Waals surface area (Å²) in [6.45, 7) is 8.46. The van der Waals surface area contributed by atoms with Gasteiger partial charge in [0.25, 0.3) is 0 Å². The number of hydrogen-bond acceptors (Lipinski definition) is 4.